The molecule has 1 rings (SSSR count). The van der Waals surface area contributed by atoms with Crippen LogP contribution in [0.5, 0.6) is 0 Å². The van der Waals surface area contributed by atoms with E-state index in [9.17, 15) is 9.90 Å². The predicted octanol–water partition coefficient (Wildman–Crippen LogP) is 2.04. The van der Waals surface area contributed by atoms with Crippen LogP contribution in [0.3, 0.4) is 0 Å². The van der Waals surface area contributed by atoms with E-state index >= 15 is 0 Å². The van der Waals surface area contributed by atoms with E-state index < -0.39 is 6.10 Å². The van der Waals surface area contributed by atoms with Crippen molar-refractivity contribution in [3.05, 3.63) is 0 Å². The lowest BCUT2D eigenvalue weighted by atomic mass is 9.77. The number of aliphatic hydroxyl groups is 1. The van der Waals surface area contributed by atoms with Crippen molar-refractivity contribution in [2.75, 3.05) is 13.1 Å². The summed E-state index contributed by atoms with van der Waals surface area (Å²) in [7, 11) is 0. The molecule has 0 aromatic rings. The molecule has 3 nitrogen and oxygen atoms in total. The average Bonchev–Trinajstić information content (AvgIpc) is 2.28. The minimum Gasteiger partial charge on any atom is -0.392 e. The number of amides is 1. The van der Waals surface area contributed by atoms with Gasteiger partial charge in [-0.2, -0.15) is 0 Å². The van der Waals surface area contributed by atoms with Crippen LogP contribution in [0.15, 0.2) is 0 Å². The fraction of sp³-hybridized carbons (Fsp3) is 0.923. The van der Waals surface area contributed by atoms with E-state index in [0.29, 0.717) is 18.9 Å². The molecule has 2 atom stereocenters. The molecule has 1 saturated heterocycles. The second kappa shape index (κ2) is 5.17. The van der Waals surface area contributed by atoms with Crippen LogP contribution >= 0.6 is 0 Å². The molecule has 0 saturated carbocycles. The Morgan fingerprint density at radius 2 is 2.06 bits per heavy atom. The second-order valence-electron chi connectivity index (χ2n) is 6.08. The number of hydrogen-bond donors (Lipinski definition) is 1. The zero-order valence-electron chi connectivity index (χ0n) is 11.0. The van der Waals surface area contributed by atoms with Crippen LogP contribution in [-0.4, -0.2) is 35.1 Å². The van der Waals surface area contributed by atoms with Crippen LogP contribution < -0.4 is 0 Å². The predicted molar refractivity (Wildman–Crippen MR) is 65.1 cm³/mol. The number of likely N-dealkylation sites (tertiary alicyclic amines) is 1. The van der Waals surface area contributed by atoms with Crippen LogP contribution in [0.25, 0.3) is 0 Å². The smallest absolute Gasteiger partial charge is 0.222 e. The van der Waals surface area contributed by atoms with E-state index in [-0.39, 0.29) is 11.3 Å². The highest BCUT2D eigenvalue weighted by molar-refractivity contribution is 5.76. The number of nitrogens with zero attached hydrogens (tertiary/aromatic N) is 1. The molecule has 1 unspecified atom stereocenters. The van der Waals surface area contributed by atoms with E-state index in [1.807, 2.05) is 4.90 Å². The molecule has 1 amide bonds. The van der Waals surface area contributed by atoms with Crippen molar-refractivity contribution in [2.45, 2.75) is 53.1 Å². The topological polar surface area (TPSA) is 40.5 Å². The fourth-order valence-corrected chi connectivity index (χ4v) is 2.41. The molecular weight excluding hydrogens is 202 g/mol. The van der Waals surface area contributed by atoms with Gasteiger partial charge in [0.15, 0.2) is 0 Å². The minimum absolute atomic E-state index is 0.202. The first-order valence-corrected chi connectivity index (χ1v) is 6.26. The summed E-state index contributed by atoms with van der Waals surface area (Å²) in [6.07, 6.45) is 2.25. The van der Waals surface area contributed by atoms with E-state index in [0.717, 1.165) is 19.4 Å². The lowest BCUT2D eigenvalue weighted by molar-refractivity contribution is -0.131. The molecule has 16 heavy (non-hydrogen) atoms. The van der Waals surface area contributed by atoms with Crippen molar-refractivity contribution in [1.82, 2.24) is 4.90 Å². The first-order chi connectivity index (χ1) is 7.30. The quantitative estimate of drug-likeness (QED) is 0.784. The van der Waals surface area contributed by atoms with Gasteiger partial charge < -0.3 is 10.0 Å². The largest absolute Gasteiger partial charge is 0.392 e. The Bertz CT molecular complexity index is 243. The van der Waals surface area contributed by atoms with Gasteiger partial charge in [-0.25, -0.2) is 0 Å². The fourth-order valence-electron chi connectivity index (χ4n) is 2.41. The van der Waals surface area contributed by atoms with Gasteiger partial charge in [-0.15, -0.1) is 0 Å². The highest BCUT2D eigenvalue weighted by Gasteiger charge is 2.30. The Balaban J connectivity index is 2.59. The zero-order chi connectivity index (χ0) is 12.3. The van der Waals surface area contributed by atoms with Gasteiger partial charge in [0.05, 0.1) is 6.10 Å². The zero-order valence-corrected chi connectivity index (χ0v) is 11.0. The van der Waals surface area contributed by atoms with Crippen LogP contribution in [-0.2, 0) is 4.79 Å². The highest BCUT2D eigenvalue weighted by atomic mass is 16.3. The van der Waals surface area contributed by atoms with Crippen LogP contribution in [0.1, 0.15) is 47.0 Å². The van der Waals surface area contributed by atoms with Gasteiger partial charge in [0.1, 0.15) is 0 Å². The summed E-state index contributed by atoms with van der Waals surface area (Å²) >= 11 is 0. The standard InChI is InChI=1S/C13H25NO2/c1-10(15)9-14-8-7-11(13(2,3)4)5-6-12(14)16/h10-11,15H,5-9H2,1-4H3/t10-,11?/m0/s1. The first-order valence-electron chi connectivity index (χ1n) is 6.26. The Morgan fingerprint density at radius 1 is 1.44 bits per heavy atom. The van der Waals surface area contributed by atoms with Crippen LogP contribution in [0.4, 0.5) is 0 Å². The number of β-amino-alcohol motifs (C(OH)–C–C–N with tert-alkyl or cyclic N) is 1. The number of carbonyl (C=O) groups is 1. The first kappa shape index (κ1) is 13.5. The second-order valence-corrected chi connectivity index (χ2v) is 6.08. The Labute approximate surface area is 98.8 Å². The molecule has 3 heteroatoms. The van der Waals surface area contributed by atoms with E-state index in [1.165, 1.54) is 0 Å². The molecule has 0 radical (unpaired) electrons. The van der Waals surface area contributed by atoms with Gasteiger partial charge in [-0.1, -0.05) is 20.8 Å². The lowest BCUT2D eigenvalue weighted by Gasteiger charge is -2.29. The molecule has 0 aromatic heterocycles. The monoisotopic (exact) mass is 227 g/mol. The molecule has 0 spiro atoms. The van der Waals surface area contributed by atoms with Gasteiger partial charge >= 0.3 is 0 Å². The molecule has 0 bridgehead atoms. The Hall–Kier alpha value is -0.570. The summed E-state index contributed by atoms with van der Waals surface area (Å²) in [5.74, 6) is 0.808. The maximum absolute atomic E-state index is 11.8. The summed E-state index contributed by atoms with van der Waals surface area (Å²) < 4.78 is 0. The van der Waals surface area contributed by atoms with E-state index in [1.54, 1.807) is 6.92 Å². The van der Waals surface area contributed by atoms with Gasteiger partial charge in [-0.3, -0.25) is 4.79 Å². The molecule has 1 N–H and O–H groups in total. The van der Waals surface area contributed by atoms with Crippen molar-refractivity contribution in [3.8, 4) is 0 Å². The maximum Gasteiger partial charge on any atom is 0.222 e. The lowest BCUT2D eigenvalue weighted by Crippen LogP contribution is -2.36. The molecule has 1 heterocycles. The number of aliphatic hydroxyl groups excluding tert-OH is 1. The molecule has 94 valence electrons. The summed E-state index contributed by atoms with van der Waals surface area (Å²) in [4.78, 5) is 13.7. The van der Waals surface area contributed by atoms with E-state index in [4.69, 9.17) is 0 Å². The third kappa shape index (κ3) is 3.78. The van der Waals surface area contributed by atoms with Crippen molar-refractivity contribution in [3.63, 3.8) is 0 Å². The normalized spacial score (nSPS) is 25.4. The van der Waals surface area contributed by atoms with Crippen LogP contribution in [0.2, 0.25) is 0 Å². The van der Waals surface area contributed by atoms with Gasteiger partial charge in [0.2, 0.25) is 5.91 Å². The molecule has 0 aromatic carbocycles. The minimum atomic E-state index is -0.421. The van der Waals surface area contributed by atoms with Gasteiger partial charge in [-0.05, 0) is 31.1 Å². The maximum atomic E-state index is 11.8. The number of rotatable bonds is 2. The Morgan fingerprint density at radius 3 is 2.56 bits per heavy atom. The SMILES string of the molecule is C[C@H](O)CN1CCC(C(C)(C)C)CCC1=O. The van der Waals surface area contributed by atoms with Crippen molar-refractivity contribution < 1.29 is 9.90 Å². The number of hydrogen-bond acceptors (Lipinski definition) is 2. The number of carbonyl (C=O) groups excluding carboxylic acids is 1. The third-order valence-electron chi connectivity index (χ3n) is 3.52. The summed E-state index contributed by atoms with van der Waals surface area (Å²) in [5, 5.41) is 9.35. The molecule has 1 aliphatic rings. The average molecular weight is 227 g/mol. The molecule has 1 aliphatic heterocycles. The summed E-state index contributed by atoms with van der Waals surface area (Å²) in [5.41, 5.74) is 0.279. The molecular formula is C13H25NO2. The van der Waals surface area contributed by atoms with Gasteiger partial charge in [0, 0.05) is 19.5 Å². The van der Waals surface area contributed by atoms with Crippen LogP contribution in [0, 0.1) is 11.3 Å². The van der Waals surface area contributed by atoms with Crippen molar-refractivity contribution >= 4 is 5.91 Å². The molecule has 1 fully saturated rings. The van der Waals surface area contributed by atoms with Gasteiger partial charge in [0.25, 0.3) is 0 Å². The van der Waals surface area contributed by atoms with E-state index in [2.05, 4.69) is 20.8 Å². The summed E-state index contributed by atoms with van der Waals surface area (Å²) in [6, 6.07) is 0. The highest BCUT2D eigenvalue weighted by Crippen LogP contribution is 2.34. The Kier molecular flexibility index (Phi) is 4.36. The molecule has 0 aliphatic carbocycles. The van der Waals surface area contributed by atoms with Crippen molar-refractivity contribution in [1.29, 1.82) is 0 Å². The third-order valence-corrected chi connectivity index (χ3v) is 3.52. The van der Waals surface area contributed by atoms with Crippen molar-refractivity contribution in [2.24, 2.45) is 11.3 Å². The summed E-state index contributed by atoms with van der Waals surface area (Å²) in [6.45, 7) is 9.74.